The van der Waals surface area contributed by atoms with E-state index in [1.807, 2.05) is 84.9 Å². The first kappa shape index (κ1) is 35.5. The van der Waals surface area contributed by atoms with Gasteiger partial charge in [-0.3, -0.25) is 0 Å². The van der Waals surface area contributed by atoms with Gasteiger partial charge in [0.15, 0.2) is 17.5 Å². The summed E-state index contributed by atoms with van der Waals surface area (Å²) < 4.78 is 12.3. The highest BCUT2D eigenvalue weighted by Gasteiger charge is 2.17. The van der Waals surface area contributed by atoms with Crippen molar-refractivity contribution in [2.75, 3.05) is 0 Å². The van der Waals surface area contributed by atoms with Crippen molar-refractivity contribution in [2.24, 2.45) is 0 Å². The molecule has 0 aliphatic carbocycles. The van der Waals surface area contributed by atoms with Gasteiger partial charge in [0.1, 0.15) is 22.3 Å². The highest BCUT2D eigenvalue weighted by molar-refractivity contribution is 6.07. The maximum Gasteiger partial charge on any atom is 0.164 e. The smallest absolute Gasteiger partial charge is 0.164 e. The van der Waals surface area contributed by atoms with Crippen LogP contribution in [0.2, 0.25) is 0 Å². The Labute approximate surface area is 357 Å². The Hall–Kier alpha value is -8.41. The quantitative estimate of drug-likeness (QED) is 0.161. The second-order valence-electron chi connectivity index (χ2n) is 15.6. The molecule has 62 heavy (non-hydrogen) atoms. The van der Waals surface area contributed by atoms with Crippen LogP contribution in [0.25, 0.3) is 123 Å². The standard InChI is InChI=1S/C57H35N3O2/c1-3-13-36(14-4-1)55-58-56(37-15-5-2-6-16-37)60-57(59-55)46-32-44(40-19-11-17-38(29-40)42-25-27-53-49(34-42)47-21-7-9-23-51(47)61-53)31-45(33-46)41-20-12-18-39(30-41)43-26-28-54-50(35-43)48-22-8-10-24-52(48)62-54/h1-35H. The molecular weight excluding hydrogens is 759 g/mol. The summed E-state index contributed by atoms with van der Waals surface area (Å²) in [6.07, 6.45) is 0. The fourth-order valence-electron chi connectivity index (χ4n) is 8.60. The zero-order valence-electron chi connectivity index (χ0n) is 33.4. The van der Waals surface area contributed by atoms with E-state index in [-0.39, 0.29) is 0 Å². The average Bonchev–Trinajstić information content (AvgIpc) is 3.92. The van der Waals surface area contributed by atoms with Crippen LogP contribution in [0.1, 0.15) is 0 Å². The molecule has 3 aromatic heterocycles. The summed E-state index contributed by atoms with van der Waals surface area (Å²) >= 11 is 0. The SMILES string of the molecule is c1ccc(-c2nc(-c3ccccc3)nc(-c3cc(-c4cccc(-c5ccc6oc7ccccc7c6c5)c4)cc(-c4cccc(-c5ccc6oc7ccccc7c6c5)c4)c3)n2)cc1. The largest absolute Gasteiger partial charge is 0.456 e. The van der Waals surface area contributed by atoms with Crippen molar-refractivity contribution >= 4 is 43.9 Å². The lowest BCUT2D eigenvalue weighted by molar-refractivity contribution is 0.668. The van der Waals surface area contributed by atoms with E-state index in [4.69, 9.17) is 23.8 Å². The van der Waals surface area contributed by atoms with Crippen LogP contribution in [0.15, 0.2) is 221 Å². The molecule has 0 amide bonds. The van der Waals surface area contributed by atoms with Crippen molar-refractivity contribution < 1.29 is 8.83 Å². The monoisotopic (exact) mass is 793 g/mol. The second kappa shape index (κ2) is 14.7. The number of para-hydroxylation sites is 2. The van der Waals surface area contributed by atoms with Crippen LogP contribution in [0, 0.1) is 0 Å². The van der Waals surface area contributed by atoms with Crippen molar-refractivity contribution in [3.05, 3.63) is 212 Å². The molecule has 12 rings (SSSR count). The first-order valence-electron chi connectivity index (χ1n) is 20.7. The van der Waals surface area contributed by atoms with Crippen LogP contribution in [0.4, 0.5) is 0 Å². The molecule has 0 aliphatic heterocycles. The molecule has 290 valence electrons. The first-order valence-corrected chi connectivity index (χ1v) is 20.7. The summed E-state index contributed by atoms with van der Waals surface area (Å²) in [7, 11) is 0. The molecule has 0 bridgehead atoms. The predicted octanol–water partition coefficient (Wildman–Crippen LogP) is 15.3. The van der Waals surface area contributed by atoms with E-state index in [2.05, 4.69) is 127 Å². The molecule has 0 spiro atoms. The molecule has 0 saturated heterocycles. The number of fused-ring (bicyclic) bond motifs is 6. The number of hydrogen-bond donors (Lipinski definition) is 0. The molecule has 9 aromatic carbocycles. The summed E-state index contributed by atoms with van der Waals surface area (Å²) in [6, 6.07) is 73.7. The number of aromatic nitrogens is 3. The highest BCUT2D eigenvalue weighted by Crippen LogP contribution is 2.39. The molecule has 12 aromatic rings. The van der Waals surface area contributed by atoms with Crippen molar-refractivity contribution in [1.82, 2.24) is 15.0 Å². The molecule has 0 radical (unpaired) electrons. The van der Waals surface area contributed by atoms with Crippen molar-refractivity contribution in [1.29, 1.82) is 0 Å². The van der Waals surface area contributed by atoms with Gasteiger partial charge >= 0.3 is 0 Å². The molecule has 0 fully saturated rings. The van der Waals surface area contributed by atoms with Crippen LogP contribution in [-0.4, -0.2) is 15.0 Å². The van der Waals surface area contributed by atoms with Gasteiger partial charge in [0.25, 0.3) is 0 Å². The molecule has 0 aliphatic rings. The molecule has 0 atom stereocenters. The molecular formula is C57H35N3O2. The number of hydrogen-bond acceptors (Lipinski definition) is 5. The maximum absolute atomic E-state index is 6.17. The average molecular weight is 794 g/mol. The van der Waals surface area contributed by atoms with Gasteiger partial charge in [0, 0.05) is 38.2 Å². The Morgan fingerprint density at radius 1 is 0.210 bits per heavy atom. The van der Waals surface area contributed by atoms with Gasteiger partial charge in [-0.15, -0.1) is 0 Å². The van der Waals surface area contributed by atoms with Gasteiger partial charge in [-0.05, 0) is 111 Å². The first-order chi connectivity index (χ1) is 30.7. The maximum atomic E-state index is 6.17. The lowest BCUT2D eigenvalue weighted by Gasteiger charge is -2.14. The topological polar surface area (TPSA) is 65.0 Å². The van der Waals surface area contributed by atoms with Crippen LogP contribution in [-0.2, 0) is 0 Å². The Kier molecular flexibility index (Phi) is 8.42. The van der Waals surface area contributed by atoms with Gasteiger partial charge in [0.2, 0.25) is 0 Å². The molecule has 0 N–H and O–H groups in total. The fourth-order valence-corrected chi connectivity index (χ4v) is 8.60. The molecule has 0 unspecified atom stereocenters. The van der Waals surface area contributed by atoms with Gasteiger partial charge in [-0.2, -0.15) is 0 Å². The molecule has 5 heteroatoms. The van der Waals surface area contributed by atoms with Gasteiger partial charge in [0.05, 0.1) is 0 Å². The number of nitrogens with zero attached hydrogens (tertiary/aromatic N) is 3. The third-order valence-corrected chi connectivity index (χ3v) is 11.7. The minimum Gasteiger partial charge on any atom is -0.456 e. The summed E-state index contributed by atoms with van der Waals surface area (Å²) in [6.45, 7) is 0. The normalized spacial score (nSPS) is 11.5. The minimum atomic E-state index is 0.600. The summed E-state index contributed by atoms with van der Waals surface area (Å²) in [5, 5.41) is 4.43. The Balaban J connectivity index is 1.03. The fraction of sp³-hybridized carbons (Fsp3) is 0. The van der Waals surface area contributed by atoms with Crippen LogP contribution < -0.4 is 0 Å². The van der Waals surface area contributed by atoms with E-state index in [0.717, 1.165) is 105 Å². The van der Waals surface area contributed by atoms with Gasteiger partial charge in [-0.25, -0.2) is 15.0 Å². The minimum absolute atomic E-state index is 0.600. The van der Waals surface area contributed by atoms with Gasteiger partial charge in [-0.1, -0.05) is 146 Å². The van der Waals surface area contributed by atoms with Crippen LogP contribution in [0.5, 0.6) is 0 Å². The van der Waals surface area contributed by atoms with E-state index in [0.29, 0.717) is 17.5 Å². The van der Waals surface area contributed by atoms with Crippen molar-refractivity contribution in [3.8, 4) is 78.7 Å². The third kappa shape index (κ3) is 6.40. The Morgan fingerprint density at radius 3 is 1.00 bits per heavy atom. The van der Waals surface area contributed by atoms with E-state index >= 15 is 0 Å². The molecule has 5 nitrogen and oxygen atoms in total. The Morgan fingerprint density at radius 2 is 0.532 bits per heavy atom. The Bertz CT molecular complexity index is 3410. The predicted molar refractivity (Wildman–Crippen MR) is 252 cm³/mol. The number of furan rings is 2. The van der Waals surface area contributed by atoms with Crippen molar-refractivity contribution in [3.63, 3.8) is 0 Å². The van der Waals surface area contributed by atoms with E-state index in [9.17, 15) is 0 Å². The van der Waals surface area contributed by atoms with Crippen LogP contribution in [0.3, 0.4) is 0 Å². The third-order valence-electron chi connectivity index (χ3n) is 11.7. The molecule has 0 saturated carbocycles. The number of rotatable bonds is 7. The van der Waals surface area contributed by atoms with Crippen molar-refractivity contribution in [2.45, 2.75) is 0 Å². The van der Waals surface area contributed by atoms with E-state index in [1.54, 1.807) is 0 Å². The number of benzene rings is 9. The summed E-state index contributed by atoms with van der Waals surface area (Å²) in [4.78, 5) is 15.3. The lowest BCUT2D eigenvalue weighted by atomic mass is 9.92. The van der Waals surface area contributed by atoms with Crippen LogP contribution >= 0.6 is 0 Å². The zero-order valence-corrected chi connectivity index (χ0v) is 33.4. The van der Waals surface area contributed by atoms with Gasteiger partial charge < -0.3 is 8.83 Å². The highest BCUT2D eigenvalue weighted by atomic mass is 16.3. The van der Waals surface area contributed by atoms with E-state index < -0.39 is 0 Å². The summed E-state index contributed by atoms with van der Waals surface area (Å²) in [5.74, 6) is 1.84. The molecule has 3 heterocycles. The zero-order chi connectivity index (χ0) is 41.0. The lowest BCUT2D eigenvalue weighted by Crippen LogP contribution is -2.00. The summed E-state index contributed by atoms with van der Waals surface area (Å²) in [5.41, 5.74) is 15.0. The second-order valence-corrected chi connectivity index (χ2v) is 15.6. The van der Waals surface area contributed by atoms with E-state index in [1.165, 1.54) is 0 Å².